The zero-order valence-electron chi connectivity index (χ0n) is 18.3. The van der Waals surface area contributed by atoms with Crippen LogP contribution in [-0.2, 0) is 4.79 Å². The molecule has 0 heterocycles. The Hall–Kier alpha value is -3.26. The first-order valence-corrected chi connectivity index (χ1v) is 11.1. The molecule has 1 saturated carbocycles. The molecule has 1 aliphatic rings. The van der Waals surface area contributed by atoms with Crippen molar-refractivity contribution in [3.05, 3.63) is 58.6 Å². The van der Waals surface area contributed by atoms with E-state index in [1.165, 1.54) is 7.11 Å². The highest BCUT2D eigenvalue weighted by Gasteiger charge is 2.26. The molecule has 0 unspecified atom stereocenters. The highest BCUT2D eigenvalue weighted by Crippen LogP contribution is 2.28. The van der Waals surface area contributed by atoms with Gasteiger partial charge in [0, 0.05) is 24.2 Å². The minimum absolute atomic E-state index is 0.00973. The molecule has 1 aliphatic carbocycles. The molecule has 33 heavy (non-hydrogen) atoms. The Morgan fingerprint density at radius 3 is 2.09 bits per heavy atom. The summed E-state index contributed by atoms with van der Waals surface area (Å²) in [5, 5.41) is 15.0. The first-order chi connectivity index (χ1) is 15.9. The number of carbonyl (C=O) groups is 3. The van der Waals surface area contributed by atoms with Crippen molar-refractivity contribution in [3.8, 4) is 11.5 Å². The molecule has 2 aromatic rings. The van der Waals surface area contributed by atoms with Crippen molar-refractivity contribution in [2.24, 2.45) is 5.92 Å². The fraction of sp³-hybridized carbons (Fsp3) is 0.375. The highest BCUT2D eigenvalue weighted by atomic mass is 35.5. The third-order valence-corrected chi connectivity index (χ3v) is 5.86. The molecule has 3 N–H and O–H groups in total. The molecule has 1 fully saturated rings. The monoisotopic (exact) mass is 474 g/mol. The molecule has 176 valence electrons. The number of amides is 2. The molecule has 0 aromatic heterocycles. The maximum atomic E-state index is 12.3. The second-order valence-electron chi connectivity index (χ2n) is 7.82. The number of hydrogen-bond donors (Lipinski definition) is 3. The van der Waals surface area contributed by atoms with Gasteiger partial charge in [0.15, 0.2) is 0 Å². The van der Waals surface area contributed by atoms with E-state index in [0.717, 1.165) is 0 Å². The van der Waals surface area contributed by atoms with Crippen LogP contribution in [0.1, 0.15) is 46.4 Å². The summed E-state index contributed by atoms with van der Waals surface area (Å²) in [5.41, 5.74) is 0.889. The second-order valence-corrected chi connectivity index (χ2v) is 8.22. The molecule has 9 heteroatoms. The average Bonchev–Trinajstić information content (AvgIpc) is 2.82. The van der Waals surface area contributed by atoms with Crippen molar-refractivity contribution < 1.29 is 29.0 Å². The van der Waals surface area contributed by atoms with Gasteiger partial charge in [-0.1, -0.05) is 11.6 Å². The van der Waals surface area contributed by atoms with E-state index in [2.05, 4.69) is 10.6 Å². The van der Waals surface area contributed by atoms with Gasteiger partial charge in [0.1, 0.15) is 11.5 Å². The minimum Gasteiger partial charge on any atom is -0.495 e. The second kappa shape index (κ2) is 11.6. The Morgan fingerprint density at radius 2 is 1.52 bits per heavy atom. The standard InChI is InChI=1S/C24H27ClN2O6/c1-32-21-14-17(6-11-20(21)25)23(29)27-13-12-26-22(28)15-2-7-18(8-3-15)33-19-9-4-16(5-10-19)24(30)31/h2-3,6-8,11,14,16,19H,4-5,9-10,12-13H2,1H3,(H,26,28)(H,27,29)(H,30,31)/t16-,19+. The maximum Gasteiger partial charge on any atom is 0.306 e. The molecule has 2 aromatic carbocycles. The number of ether oxygens (including phenoxy) is 2. The smallest absolute Gasteiger partial charge is 0.306 e. The lowest BCUT2D eigenvalue weighted by Gasteiger charge is -2.26. The van der Waals surface area contributed by atoms with E-state index >= 15 is 0 Å². The predicted octanol–water partition coefficient (Wildman–Crippen LogP) is 3.53. The van der Waals surface area contributed by atoms with Gasteiger partial charge in [-0.15, -0.1) is 0 Å². The third kappa shape index (κ3) is 6.86. The highest BCUT2D eigenvalue weighted by molar-refractivity contribution is 6.32. The van der Waals surface area contributed by atoms with Gasteiger partial charge in [0.25, 0.3) is 11.8 Å². The van der Waals surface area contributed by atoms with Crippen LogP contribution in [0.2, 0.25) is 5.02 Å². The summed E-state index contributed by atoms with van der Waals surface area (Å²) in [6.07, 6.45) is 2.62. The summed E-state index contributed by atoms with van der Waals surface area (Å²) in [4.78, 5) is 35.6. The number of hydrogen-bond acceptors (Lipinski definition) is 5. The van der Waals surface area contributed by atoms with Crippen molar-refractivity contribution >= 4 is 29.4 Å². The number of nitrogens with one attached hydrogen (secondary N) is 2. The molecule has 0 spiro atoms. The summed E-state index contributed by atoms with van der Waals surface area (Å²) in [6, 6.07) is 11.5. The molecule has 0 atom stereocenters. The van der Waals surface area contributed by atoms with E-state index in [1.54, 1.807) is 42.5 Å². The number of methoxy groups -OCH3 is 1. The van der Waals surface area contributed by atoms with E-state index < -0.39 is 5.97 Å². The van der Waals surface area contributed by atoms with Crippen LogP contribution in [0.5, 0.6) is 11.5 Å². The van der Waals surface area contributed by atoms with E-state index in [1.807, 2.05) is 0 Å². The first kappa shape index (κ1) is 24.4. The van der Waals surface area contributed by atoms with Gasteiger partial charge in [0.05, 0.1) is 24.2 Å². The Balaban J connectivity index is 1.40. The van der Waals surface area contributed by atoms with Crippen molar-refractivity contribution in [2.45, 2.75) is 31.8 Å². The Morgan fingerprint density at radius 1 is 0.939 bits per heavy atom. The van der Waals surface area contributed by atoms with Crippen molar-refractivity contribution in [2.75, 3.05) is 20.2 Å². The lowest BCUT2D eigenvalue weighted by atomic mass is 9.87. The zero-order chi connectivity index (χ0) is 23.8. The predicted molar refractivity (Wildman–Crippen MR) is 123 cm³/mol. The lowest BCUT2D eigenvalue weighted by molar-refractivity contribution is -0.143. The van der Waals surface area contributed by atoms with E-state index in [0.29, 0.717) is 53.3 Å². The number of rotatable bonds is 9. The van der Waals surface area contributed by atoms with Crippen LogP contribution in [0.4, 0.5) is 0 Å². The Labute approximate surface area is 197 Å². The Bertz CT molecular complexity index is 987. The van der Waals surface area contributed by atoms with Crippen LogP contribution < -0.4 is 20.1 Å². The van der Waals surface area contributed by atoms with Gasteiger partial charge in [0.2, 0.25) is 0 Å². The van der Waals surface area contributed by atoms with E-state index in [-0.39, 0.29) is 36.9 Å². The lowest BCUT2D eigenvalue weighted by Crippen LogP contribution is -2.34. The van der Waals surface area contributed by atoms with Crippen LogP contribution in [0.15, 0.2) is 42.5 Å². The number of benzene rings is 2. The van der Waals surface area contributed by atoms with Gasteiger partial charge in [-0.3, -0.25) is 14.4 Å². The van der Waals surface area contributed by atoms with E-state index in [9.17, 15) is 14.4 Å². The normalized spacial score (nSPS) is 17.6. The summed E-state index contributed by atoms with van der Waals surface area (Å²) in [7, 11) is 1.48. The summed E-state index contributed by atoms with van der Waals surface area (Å²) < 4.78 is 11.0. The van der Waals surface area contributed by atoms with Gasteiger partial charge >= 0.3 is 5.97 Å². The van der Waals surface area contributed by atoms with Crippen molar-refractivity contribution in [1.29, 1.82) is 0 Å². The summed E-state index contributed by atoms with van der Waals surface area (Å²) in [5.74, 6) is -0.513. The van der Waals surface area contributed by atoms with Crippen LogP contribution >= 0.6 is 11.6 Å². The van der Waals surface area contributed by atoms with E-state index in [4.69, 9.17) is 26.2 Å². The first-order valence-electron chi connectivity index (χ1n) is 10.8. The number of halogens is 1. The molecule has 0 radical (unpaired) electrons. The summed E-state index contributed by atoms with van der Waals surface area (Å²) in [6.45, 7) is 0.524. The van der Waals surface area contributed by atoms with Gasteiger partial charge in [-0.25, -0.2) is 0 Å². The largest absolute Gasteiger partial charge is 0.495 e. The number of carbonyl (C=O) groups excluding carboxylic acids is 2. The zero-order valence-corrected chi connectivity index (χ0v) is 19.1. The minimum atomic E-state index is -0.742. The van der Waals surface area contributed by atoms with Crippen LogP contribution in [0, 0.1) is 5.92 Å². The molecular weight excluding hydrogens is 448 g/mol. The fourth-order valence-electron chi connectivity index (χ4n) is 3.66. The maximum absolute atomic E-state index is 12.3. The SMILES string of the molecule is COc1cc(C(=O)NCCNC(=O)c2ccc(O[C@H]3CC[C@@H](C(=O)O)CC3)cc2)ccc1Cl. The van der Waals surface area contributed by atoms with Crippen molar-refractivity contribution in [3.63, 3.8) is 0 Å². The van der Waals surface area contributed by atoms with Crippen molar-refractivity contribution in [1.82, 2.24) is 10.6 Å². The fourth-order valence-corrected chi connectivity index (χ4v) is 3.86. The quantitative estimate of drug-likeness (QED) is 0.479. The van der Waals surface area contributed by atoms with Crippen LogP contribution in [-0.4, -0.2) is 49.2 Å². The van der Waals surface area contributed by atoms with Gasteiger partial charge < -0.3 is 25.2 Å². The van der Waals surface area contributed by atoms with Gasteiger partial charge in [-0.2, -0.15) is 0 Å². The molecule has 0 bridgehead atoms. The van der Waals surface area contributed by atoms with Crippen LogP contribution in [0.3, 0.4) is 0 Å². The number of carboxylic acids is 1. The van der Waals surface area contributed by atoms with Gasteiger partial charge in [-0.05, 0) is 68.1 Å². The molecular formula is C24H27ClN2O6. The van der Waals surface area contributed by atoms with Crippen LogP contribution in [0.25, 0.3) is 0 Å². The third-order valence-electron chi connectivity index (χ3n) is 5.55. The molecule has 0 saturated heterocycles. The number of aliphatic carboxylic acids is 1. The summed E-state index contributed by atoms with van der Waals surface area (Å²) >= 11 is 5.96. The molecule has 3 rings (SSSR count). The Kier molecular flexibility index (Phi) is 8.54. The molecule has 2 amide bonds. The average molecular weight is 475 g/mol. The topological polar surface area (TPSA) is 114 Å². The molecule has 8 nitrogen and oxygen atoms in total. The molecule has 0 aliphatic heterocycles. The number of carboxylic acid groups (broad SMARTS) is 1.